The Morgan fingerprint density at radius 2 is 1.68 bits per heavy atom. The maximum Gasteiger partial charge on any atom is 0.270 e. The van der Waals surface area contributed by atoms with Crippen molar-refractivity contribution in [3.05, 3.63) is 77.4 Å². The summed E-state index contributed by atoms with van der Waals surface area (Å²) in [5.41, 5.74) is 1.60. The number of furan rings is 1. The Morgan fingerprint density at radius 1 is 1.00 bits per heavy atom. The SMILES string of the molecule is CC.O=C1/C(=C/c2ccc(-c3ccccc3)o2)SC(=S)N1c1ccc(O)cc1. The van der Waals surface area contributed by atoms with Gasteiger partial charge in [-0.2, -0.15) is 0 Å². The predicted molar refractivity (Wildman–Crippen MR) is 119 cm³/mol. The van der Waals surface area contributed by atoms with E-state index in [0.29, 0.717) is 20.7 Å². The second kappa shape index (κ2) is 8.91. The van der Waals surface area contributed by atoms with Crippen LogP contribution in [0.1, 0.15) is 19.6 Å². The first-order valence-electron chi connectivity index (χ1n) is 8.84. The zero-order valence-electron chi connectivity index (χ0n) is 15.5. The van der Waals surface area contributed by atoms with Gasteiger partial charge in [0.1, 0.15) is 17.3 Å². The number of thioether (sulfide) groups is 1. The van der Waals surface area contributed by atoms with Crippen LogP contribution in [0.25, 0.3) is 17.4 Å². The number of carbonyl (C=O) groups is 1. The Morgan fingerprint density at radius 3 is 2.36 bits per heavy atom. The number of aromatic hydroxyl groups is 1. The molecule has 4 rings (SSSR count). The maximum absolute atomic E-state index is 12.7. The molecule has 28 heavy (non-hydrogen) atoms. The average Bonchev–Trinajstić information content (AvgIpc) is 3.30. The summed E-state index contributed by atoms with van der Waals surface area (Å²) in [7, 11) is 0. The van der Waals surface area contributed by atoms with Crippen molar-refractivity contribution in [2.75, 3.05) is 4.90 Å². The molecular weight excluding hydrogens is 390 g/mol. The first-order chi connectivity index (χ1) is 13.6. The van der Waals surface area contributed by atoms with Crippen LogP contribution in [0.15, 0.2) is 76.1 Å². The van der Waals surface area contributed by atoms with Gasteiger partial charge in [-0.1, -0.05) is 68.2 Å². The Bertz CT molecular complexity index is 1010. The van der Waals surface area contributed by atoms with Crippen molar-refractivity contribution >= 4 is 46.0 Å². The molecule has 2 heterocycles. The summed E-state index contributed by atoms with van der Waals surface area (Å²) in [6, 6.07) is 19.8. The van der Waals surface area contributed by atoms with Gasteiger partial charge in [0.2, 0.25) is 0 Å². The van der Waals surface area contributed by atoms with Crippen molar-refractivity contribution in [1.29, 1.82) is 0 Å². The molecule has 1 saturated heterocycles. The molecule has 0 spiro atoms. The summed E-state index contributed by atoms with van der Waals surface area (Å²) < 4.78 is 6.28. The van der Waals surface area contributed by atoms with Gasteiger partial charge in [-0.3, -0.25) is 9.69 Å². The Labute approximate surface area is 173 Å². The first kappa shape index (κ1) is 19.9. The fourth-order valence-corrected chi connectivity index (χ4v) is 3.89. The van der Waals surface area contributed by atoms with Gasteiger partial charge in [0, 0.05) is 11.6 Å². The normalized spacial score (nSPS) is 14.9. The van der Waals surface area contributed by atoms with Crippen molar-refractivity contribution in [2.24, 2.45) is 0 Å². The van der Waals surface area contributed by atoms with Crippen molar-refractivity contribution in [1.82, 2.24) is 0 Å². The lowest BCUT2D eigenvalue weighted by Gasteiger charge is -2.14. The van der Waals surface area contributed by atoms with E-state index in [0.717, 1.165) is 11.3 Å². The molecule has 3 aromatic rings. The molecule has 0 aliphatic carbocycles. The van der Waals surface area contributed by atoms with E-state index in [-0.39, 0.29) is 11.7 Å². The maximum atomic E-state index is 12.7. The molecule has 0 unspecified atom stereocenters. The van der Waals surface area contributed by atoms with E-state index in [9.17, 15) is 9.90 Å². The van der Waals surface area contributed by atoms with Gasteiger partial charge in [0.05, 0.1) is 10.6 Å². The molecule has 1 aliphatic rings. The number of phenols is 1. The molecule has 1 aromatic heterocycles. The number of hydrogen-bond donors (Lipinski definition) is 1. The number of rotatable bonds is 3. The highest BCUT2D eigenvalue weighted by atomic mass is 32.2. The fraction of sp³-hybridized carbons (Fsp3) is 0.0909. The topological polar surface area (TPSA) is 53.7 Å². The van der Waals surface area contributed by atoms with Crippen LogP contribution in [-0.4, -0.2) is 15.3 Å². The monoisotopic (exact) mass is 409 g/mol. The van der Waals surface area contributed by atoms with Crippen LogP contribution < -0.4 is 4.90 Å². The predicted octanol–water partition coefficient (Wildman–Crippen LogP) is 6.08. The van der Waals surface area contributed by atoms with E-state index >= 15 is 0 Å². The van der Waals surface area contributed by atoms with Crippen LogP contribution in [0.4, 0.5) is 5.69 Å². The van der Waals surface area contributed by atoms with Gasteiger partial charge in [0.15, 0.2) is 4.32 Å². The second-order valence-corrected chi connectivity index (χ2v) is 7.28. The number of phenolic OH excluding ortho intramolecular Hbond substituents is 1. The highest BCUT2D eigenvalue weighted by molar-refractivity contribution is 8.27. The van der Waals surface area contributed by atoms with Crippen molar-refractivity contribution in [3.63, 3.8) is 0 Å². The minimum absolute atomic E-state index is 0.138. The number of thiocarbonyl (C=S) groups is 1. The van der Waals surface area contributed by atoms with Gasteiger partial charge in [0.25, 0.3) is 5.91 Å². The number of hydrogen-bond acceptors (Lipinski definition) is 5. The lowest BCUT2D eigenvalue weighted by atomic mass is 10.2. The van der Waals surface area contributed by atoms with Gasteiger partial charge >= 0.3 is 0 Å². The van der Waals surface area contributed by atoms with E-state index in [4.69, 9.17) is 16.6 Å². The highest BCUT2D eigenvalue weighted by Crippen LogP contribution is 2.37. The Kier molecular flexibility index (Phi) is 6.34. The minimum atomic E-state index is -0.205. The van der Waals surface area contributed by atoms with Crippen LogP contribution in [-0.2, 0) is 4.79 Å². The van der Waals surface area contributed by atoms with E-state index in [1.165, 1.54) is 28.8 Å². The smallest absolute Gasteiger partial charge is 0.270 e. The molecule has 1 amide bonds. The van der Waals surface area contributed by atoms with Crippen molar-refractivity contribution in [2.45, 2.75) is 13.8 Å². The first-order valence-corrected chi connectivity index (χ1v) is 10.1. The Hall–Kier alpha value is -2.83. The highest BCUT2D eigenvalue weighted by Gasteiger charge is 2.33. The number of anilines is 1. The largest absolute Gasteiger partial charge is 0.508 e. The van der Waals surface area contributed by atoms with Gasteiger partial charge in [-0.15, -0.1) is 0 Å². The fourth-order valence-electron chi connectivity index (χ4n) is 2.61. The van der Waals surface area contributed by atoms with Crippen LogP contribution in [0.3, 0.4) is 0 Å². The molecule has 1 N–H and O–H groups in total. The Balaban J connectivity index is 0.00000109. The zero-order chi connectivity index (χ0) is 20.1. The molecule has 142 valence electrons. The summed E-state index contributed by atoms with van der Waals surface area (Å²) in [4.78, 5) is 14.7. The summed E-state index contributed by atoms with van der Waals surface area (Å²) >= 11 is 6.57. The van der Waals surface area contributed by atoms with Crippen LogP contribution >= 0.6 is 24.0 Å². The number of amides is 1. The summed E-state index contributed by atoms with van der Waals surface area (Å²) in [5.74, 6) is 1.27. The third-order valence-electron chi connectivity index (χ3n) is 3.86. The average molecular weight is 410 g/mol. The molecule has 6 heteroatoms. The number of carbonyl (C=O) groups excluding carboxylic acids is 1. The third kappa shape index (κ3) is 4.18. The van der Waals surface area contributed by atoms with Gasteiger partial charge in [-0.25, -0.2) is 0 Å². The molecule has 1 aliphatic heterocycles. The quantitative estimate of drug-likeness (QED) is 0.419. The molecule has 4 nitrogen and oxygen atoms in total. The van der Waals surface area contributed by atoms with Crippen LogP contribution in [0, 0.1) is 0 Å². The van der Waals surface area contributed by atoms with E-state index in [1.54, 1.807) is 18.2 Å². The zero-order valence-corrected chi connectivity index (χ0v) is 17.1. The summed E-state index contributed by atoms with van der Waals surface area (Å²) in [5, 5.41) is 9.41. The van der Waals surface area contributed by atoms with Gasteiger partial charge < -0.3 is 9.52 Å². The van der Waals surface area contributed by atoms with Crippen molar-refractivity contribution < 1.29 is 14.3 Å². The number of benzene rings is 2. The van der Waals surface area contributed by atoms with E-state index in [1.807, 2.05) is 56.3 Å². The van der Waals surface area contributed by atoms with Crippen LogP contribution in [0.5, 0.6) is 5.75 Å². The molecule has 0 saturated carbocycles. The van der Waals surface area contributed by atoms with E-state index < -0.39 is 0 Å². The second-order valence-electron chi connectivity index (χ2n) is 5.60. The molecular formula is C22H19NO3S2. The molecule has 0 atom stereocenters. The van der Waals surface area contributed by atoms with Crippen LogP contribution in [0.2, 0.25) is 0 Å². The summed E-state index contributed by atoms with van der Waals surface area (Å²) in [6.45, 7) is 4.00. The van der Waals surface area contributed by atoms with Crippen molar-refractivity contribution in [3.8, 4) is 17.1 Å². The minimum Gasteiger partial charge on any atom is -0.508 e. The third-order valence-corrected chi connectivity index (χ3v) is 5.16. The molecule has 1 fully saturated rings. The number of nitrogens with zero attached hydrogens (tertiary/aromatic N) is 1. The standard InChI is InChI=1S/C20H13NO3S2.C2H6/c22-15-8-6-14(7-9-15)21-19(23)18(26-20(21)25)12-16-10-11-17(24-16)13-4-2-1-3-5-13;1-2/h1-12,22H;1-2H3/b18-12-;. The lowest BCUT2D eigenvalue weighted by molar-refractivity contribution is -0.113. The molecule has 0 bridgehead atoms. The van der Waals surface area contributed by atoms with Gasteiger partial charge in [-0.05, 0) is 36.4 Å². The summed E-state index contributed by atoms with van der Waals surface area (Å²) in [6.07, 6.45) is 1.70. The van der Waals surface area contributed by atoms with E-state index in [2.05, 4.69) is 0 Å². The molecule has 2 aromatic carbocycles. The lowest BCUT2D eigenvalue weighted by Crippen LogP contribution is -2.27. The molecule has 0 radical (unpaired) electrons.